The minimum Gasteiger partial charge on any atom is -0.474 e. The Hall–Kier alpha value is -3.51. The van der Waals surface area contributed by atoms with E-state index in [0.29, 0.717) is 18.2 Å². The topological polar surface area (TPSA) is 96.8 Å². The predicted octanol–water partition coefficient (Wildman–Crippen LogP) is 4.04. The highest BCUT2D eigenvalue weighted by molar-refractivity contribution is 5.90. The molecule has 0 unspecified atom stereocenters. The van der Waals surface area contributed by atoms with Gasteiger partial charge in [-0.3, -0.25) is 9.58 Å². The second kappa shape index (κ2) is 9.99. The van der Waals surface area contributed by atoms with Crippen LogP contribution in [0.2, 0.25) is 0 Å². The first-order valence-electron chi connectivity index (χ1n) is 12.7. The molecule has 1 radical (unpaired) electrons. The molecule has 2 fully saturated rings. The summed E-state index contributed by atoms with van der Waals surface area (Å²) in [6, 6.07) is 6.30. The Morgan fingerprint density at radius 3 is 2.74 bits per heavy atom. The van der Waals surface area contributed by atoms with E-state index in [9.17, 15) is 13.2 Å². The molecule has 0 bridgehead atoms. The molecular weight excluding hydrogens is 497 g/mol. The van der Waals surface area contributed by atoms with Crippen molar-refractivity contribution in [2.45, 2.75) is 50.6 Å². The Morgan fingerprint density at radius 2 is 1.97 bits per heavy atom. The molecular formula is C26H28F3N8O. The number of rotatable bonds is 7. The summed E-state index contributed by atoms with van der Waals surface area (Å²) in [6.45, 7) is 1.98. The number of aromatic nitrogens is 6. The minimum atomic E-state index is -4.51. The number of piperidine rings is 1. The number of hydrogen-bond acceptors (Lipinski definition) is 7. The first-order chi connectivity index (χ1) is 18.4. The van der Waals surface area contributed by atoms with Crippen molar-refractivity contribution in [1.82, 2.24) is 39.9 Å². The van der Waals surface area contributed by atoms with E-state index >= 15 is 0 Å². The van der Waals surface area contributed by atoms with Crippen molar-refractivity contribution in [2.75, 3.05) is 20.1 Å². The van der Waals surface area contributed by atoms with E-state index in [4.69, 9.17) is 4.74 Å². The van der Waals surface area contributed by atoms with Crippen LogP contribution >= 0.6 is 0 Å². The predicted molar refractivity (Wildman–Crippen MR) is 134 cm³/mol. The highest BCUT2D eigenvalue weighted by Gasteiger charge is 2.38. The SMILES string of the molecule is CNCc1cc(OC2CCN(C3C[C](n4cc(-c5ncnc6[nH]ccc56)cn4)C3)CC2)nc(C(F)(F)F)c1. The largest absolute Gasteiger partial charge is 0.474 e. The minimum absolute atomic E-state index is 0.0397. The van der Waals surface area contributed by atoms with Crippen LogP contribution < -0.4 is 10.1 Å². The van der Waals surface area contributed by atoms with Gasteiger partial charge in [0.05, 0.1) is 17.9 Å². The molecule has 199 valence electrons. The second-order valence-electron chi connectivity index (χ2n) is 9.84. The summed E-state index contributed by atoms with van der Waals surface area (Å²) in [5.41, 5.74) is 2.18. The smallest absolute Gasteiger partial charge is 0.433 e. The molecule has 38 heavy (non-hydrogen) atoms. The summed E-state index contributed by atoms with van der Waals surface area (Å²) in [4.78, 5) is 18.0. The van der Waals surface area contributed by atoms with E-state index < -0.39 is 11.9 Å². The van der Waals surface area contributed by atoms with Crippen LogP contribution in [0.1, 0.15) is 36.9 Å². The third-order valence-electron chi connectivity index (χ3n) is 7.29. The van der Waals surface area contributed by atoms with Gasteiger partial charge >= 0.3 is 6.18 Å². The Balaban J connectivity index is 1.03. The normalized spacial score (nSPS) is 18.2. The lowest BCUT2D eigenvalue weighted by Gasteiger charge is -2.45. The fourth-order valence-corrected chi connectivity index (χ4v) is 5.25. The summed E-state index contributed by atoms with van der Waals surface area (Å²) in [5.74, 6) is 0.0397. The van der Waals surface area contributed by atoms with Gasteiger partial charge in [0.15, 0.2) is 0 Å². The molecule has 5 heterocycles. The lowest BCUT2D eigenvalue weighted by atomic mass is 9.84. The molecule has 1 aliphatic heterocycles. The van der Waals surface area contributed by atoms with Crippen LogP contribution in [0.3, 0.4) is 0 Å². The van der Waals surface area contributed by atoms with E-state index in [-0.39, 0.29) is 12.0 Å². The number of hydrogen-bond donors (Lipinski definition) is 2. The van der Waals surface area contributed by atoms with Crippen molar-refractivity contribution in [3.05, 3.63) is 60.4 Å². The second-order valence-corrected chi connectivity index (χ2v) is 9.84. The molecule has 0 aromatic carbocycles. The van der Waals surface area contributed by atoms with Gasteiger partial charge in [-0.25, -0.2) is 15.0 Å². The maximum absolute atomic E-state index is 13.3. The molecule has 0 atom stereocenters. The first kappa shape index (κ1) is 24.8. The van der Waals surface area contributed by atoms with Gasteiger partial charge in [-0.2, -0.15) is 18.3 Å². The van der Waals surface area contributed by atoms with E-state index in [1.807, 2.05) is 29.3 Å². The van der Waals surface area contributed by atoms with Gasteiger partial charge in [-0.05, 0) is 50.4 Å². The van der Waals surface area contributed by atoms with Crippen molar-refractivity contribution < 1.29 is 17.9 Å². The molecule has 2 N–H and O–H groups in total. The molecule has 0 spiro atoms. The van der Waals surface area contributed by atoms with E-state index in [1.165, 1.54) is 6.04 Å². The zero-order chi connectivity index (χ0) is 26.3. The van der Waals surface area contributed by atoms with Crippen LogP contribution in [0.5, 0.6) is 5.88 Å². The van der Waals surface area contributed by atoms with Gasteiger partial charge < -0.3 is 15.0 Å². The number of nitrogens with one attached hydrogen (secondary N) is 2. The quantitative estimate of drug-likeness (QED) is 0.376. The van der Waals surface area contributed by atoms with Crippen molar-refractivity contribution in [3.63, 3.8) is 0 Å². The van der Waals surface area contributed by atoms with Crippen molar-refractivity contribution in [1.29, 1.82) is 0 Å². The Bertz CT molecular complexity index is 1400. The average Bonchev–Trinajstić information content (AvgIpc) is 3.54. The molecule has 4 aromatic heterocycles. The highest BCUT2D eigenvalue weighted by atomic mass is 19.4. The fraction of sp³-hybridized carbons (Fsp3) is 0.423. The summed E-state index contributed by atoms with van der Waals surface area (Å²) >= 11 is 0. The van der Waals surface area contributed by atoms with Crippen LogP contribution in [-0.2, 0) is 12.7 Å². The number of likely N-dealkylation sites (tertiary alicyclic amines) is 1. The van der Waals surface area contributed by atoms with Gasteiger partial charge in [0.25, 0.3) is 0 Å². The van der Waals surface area contributed by atoms with Gasteiger partial charge in [-0.15, -0.1) is 0 Å². The number of halogens is 3. The molecule has 1 saturated carbocycles. The number of ether oxygens (including phenoxy) is 1. The maximum Gasteiger partial charge on any atom is 0.433 e. The number of aromatic amines is 1. The molecule has 1 saturated heterocycles. The number of fused-ring (bicyclic) bond motifs is 1. The Labute approximate surface area is 217 Å². The number of alkyl halides is 3. The average molecular weight is 526 g/mol. The lowest BCUT2D eigenvalue weighted by Crippen LogP contribution is -2.50. The van der Waals surface area contributed by atoms with E-state index in [1.54, 1.807) is 19.4 Å². The Morgan fingerprint density at radius 1 is 1.16 bits per heavy atom. The first-order valence-corrected chi connectivity index (χ1v) is 12.7. The number of pyridine rings is 1. The molecule has 2 aliphatic rings. The summed E-state index contributed by atoms with van der Waals surface area (Å²) < 4.78 is 47.7. The van der Waals surface area contributed by atoms with E-state index in [0.717, 1.165) is 67.1 Å². The van der Waals surface area contributed by atoms with Gasteiger partial charge in [0, 0.05) is 55.1 Å². The molecule has 6 rings (SSSR count). The van der Waals surface area contributed by atoms with Gasteiger partial charge in [0.1, 0.15) is 23.8 Å². The molecule has 0 amide bonds. The molecule has 12 heteroatoms. The number of H-pyrrole nitrogens is 1. The van der Waals surface area contributed by atoms with Crippen LogP contribution in [0.15, 0.2) is 43.1 Å². The van der Waals surface area contributed by atoms with Crippen LogP contribution in [0.25, 0.3) is 22.3 Å². The monoisotopic (exact) mass is 525 g/mol. The Kier molecular flexibility index (Phi) is 6.52. The zero-order valence-electron chi connectivity index (χ0n) is 20.9. The van der Waals surface area contributed by atoms with Gasteiger partial charge in [0.2, 0.25) is 5.88 Å². The zero-order valence-corrected chi connectivity index (χ0v) is 20.9. The van der Waals surface area contributed by atoms with Crippen molar-refractivity contribution in [2.24, 2.45) is 0 Å². The highest BCUT2D eigenvalue weighted by Crippen LogP contribution is 2.37. The van der Waals surface area contributed by atoms with Gasteiger partial charge in [-0.1, -0.05) is 0 Å². The standard InChI is InChI=1S/C26H28F3N8O/c1-30-12-16-8-22(26(27,28)29)35-23(9-16)38-20-3-6-36(7-4-20)18-10-19(11-18)37-14-17(13-34-37)24-21-2-5-31-25(21)33-15-32-24/h2,5,8-9,13-15,18,20,30H,3-4,6-7,10-12H2,1H3,(H,31,32,33). The van der Waals surface area contributed by atoms with Crippen LogP contribution in [-0.4, -0.2) is 66.9 Å². The summed E-state index contributed by atoms with van der Waals surface area (Å²) in [5, 5.41) is 8.42. The molecule has 9 nitrogen and oxygen atoms in total. The molecule has 1 aliphatic carbocycles. The summed E-state index contributed by atoms with van der Waals surface area (Å²) in [7, 11) is 1.69. The van der Waals surface area contributed by atoms with Crippen molar-refractivity contribution in [3.8, 4) is 17.1 Å². The van der Waals surface area contributed by atoms with Crippen LogP contribution in [0.4, 0.5) is 13.2 Å². The van der Waals surface area contributed by atoms with E-state index in [2.05, 4.69) is 35.3 Å². The van der Waals surface area contributed by atoms with Crippen molar-refractivity contribution >= 4 is 11.0 Å². The lowest BCUT2D eigenvalue weighted by molar-refractivity contribution is -0.141. The molecule has 4 aromatic rings. The maximum atomic E-state index is 13.3. The fourth-order valence-electron chi connectivity index (χ4n) is 5.25. The number of nitrogens with zero attached hydrogens (tertiary/aromatic N) is 6. The summed E-state index contributed by atoms with van der Waals surface area (Å²) in [6.07, 6.45) is 5.94. The van der Waals surface area contributed by atoms with Crippen LogP contribution in [0, 0.1) is 6.04 Å². The third kappa shape index (κ3) is 4.97. The third-order valence-corrected chi connectivity index (χ3v) is 7.29.